The highest BCUT2D eigenvalue weighted by Gasteiger charge is 2.11. The third-order valence-corrected chi connectivity index (χ3v) is 4.71. The Morgan fingerprint density at radius 1 is 1.16 bits per heavy atom. The lowest BCUT2D eigenvalue weighted by Crippen LogP contribution is -2.17. The van der Waals surface area contributed by atoms with Crippen LogP contribution in [0.2, 0.25) is 0 Å². The highest BCUT2D eigenvalue weighted by molar-refractivity contribution is 9.10. The van der Waals surface area contributed by atoms with E-state index in [0.29, 0.717) is 0 Å². The summed E-state index contributed by atoms with van der Waals surface area (Å²) in [5.74, 6) is 0.554. The largest absolute Gasteiger partial charge is 0.496 e. The van der Waals surface area contributed by atoms with Crippen LogP contribution in [0.25, 0.3) is 6.08 Å². The first kappa shape index (κ1) is 17.5. The number of hydrogen-bond donors (Lipinski definition) is 1. The molecule has 1 aliphatic rings. The molecule has 0 unspecified atom stereocenters. The predicted octanol–water partition coefficient (Wildman–Crippen LogP) is 4.71. The summed E-state index contributed by atoms with van der Waals surface area (Å²) in [5, 5.41) is 2.89. The van der Waals surface area contributed by atoms with Crippen LogP contribution in [0.1, 0.15) is 18.4 Å². The molecule has 0 radical (unpaired) electrons. The molecule has 0 atom stereocenters. The van der Waals surface area contributed by atoms with E-state index in [1.54, 1.807) is 13.2 Å². The average Bonchev–Trinajstić information content (AvgIpc) is 3.15. The average molecular weight is 401 g/mol. The molecule has 1 saturated heterocycles. The molecule has 3 rings (SSSR count). The second kappa shape index (κ2) is 8.21. The summed E-state index contributed by atoms with van der Waals surface area (Å²) in [6, 6.07) is 13.7. The van der Waals surface area contributed by atoms with Crippen molar-refractivity contribution in [1.82, 2.24) is 0 Å². The second-order valence-electron chi connectivity index (χ2n) is 5.95. The Bertz CT molecular complexity index is 766. The van der Waals surface area contributed by atoms with E-state index in [9.17, 15) is 4.79 Å². The van der Waals surface area contributed by atoms with Gasteiger partial charge in [0.05, 0.1) is 7.11 Å². The van der Waals surface area contributed by atoms with Gasteiger partial charge in [0.25, 0.3) is 0 Å². The zero-order valence-corrected chi connectivity index (χ0v) is 15.8. The fourth-order valence-corrected chi connectivity index (χ4v) is 3.29. The molecule has 1 fully saturated rings. The van der Waals surface area contributed by atoms with Crippen LogP contribution in [0.5, 0.6) is 5.75 Å². The maximum absolute atomic E-state index is 12.2. The molecule has 1 N–H and O–H groups in total. The van der Waals surface area contributed by atoms with Crippen molar-refractivity contribution in [3.05, 3.63) is 58.6 Å². The van der Waals surface area contributed by atoms with Gasteiger partial charge in [0.2, 0.25) is 5.91 Å². The third kappa shape index (κ3) is 4.63. The molecule has 1 amide bonds. The molecule has 0 spiro atoms. The van der Waals surface area contributed by atoms with E-state index in [-0.39, 0.29) is 5.91 Å². The zero-order valence-electron chi connectivity index (χ0n) is 14.2. The summed E-state index contributed by atoms with van der Waals surface area (Å²) in [6.07, 6.45) is 5.76. The normalized spacial score (nSPS) is 14.1. The maximum atomic E-state index is 12.2. The van der Waals surface area contributed by atoms with Crippen molar-refractivity contribution in [1.29, 1.82) is 0 Å². The van der Waals surface area contributed by atoms with Gasteiger partial charge in [-0.25, -0.2) is 0 Å². The smallest absolute Gasteiger partial charge is 0.248 e. The first-order chi connectivity index (χ1) is 12.2. The first-order valence-corrected chi connectivity index (χ1v) is 9.12. The third-order valence-electron chi connectivity index (χ3n) is 4.21. The van der Waals surface area contributed by atoms with Crippen LogP contribution in [-0.2, 0) is 4.79 Å². The molecule has 130 valence electrons. The van der Waals surface area contributed by atoms with Gasteiger partial charge in [-0.2, -0.15) is 0 Å². The number of benzene rings is 2. The van der Waals surface area contributed by atoms with Gasteiger partial charge in [-0.05, 0) is 61.4 Å². The molecule has 0 saturated carbocycles. The number of carbonyl (C=O) groups is 1. The highest BCUT2D eigenvalue weighted by Crippen LogP contribution is 2.24. The minimum Gasteiger partial charge on any atom is -0.496 e. The lowest BCUT2D eigenvalue weighted by molar-refractivity contribution is -0.111. The summed E-state index contributed by atoms with van der Waals surface area (Å²) in [4.78, 5) is 14.5. The van der Waals surface area contributed by atoms with Gasteiger partial charge in [0, 0.05) is 40.6 Å². The number of rotatable bonds is 5. The van der Waals surface area contributed by atoms with Crippen molar-refractivity contribution in [2.45, 2.75) is 12.8 Å². The Morgan fingerprint density at radius 2 is 1.88 bits per heavy atom. The SMILES string of the molecule is COc1ccc(Br)cc1/C=C/C(=O)Nc1ccc(N2CCCC2)cc1. The van der Waals surface area contributed by atoms with Crippen LogP contribution in [0.15, 0.2) is 53.0 Å². The van der Waals surface area contributed by atoms with Crippen LogP contribution in [0.3, 0.4) is 0 Å². The summed E-state index contributed by atoms with van der Waals surface area (Å²) in [5.41, 5.74) is 2.85. The van der Waals surface area contributed by atoms with Crippen molar-refractivity contribution in [3.63, 3.8) is 0 Å². The lowest BCUT2D eigenvalue weighted by Gasteiger charge is -2.17. The second-order valence-corrected chi connectivity index (χ2v) is 6.87. The Labute approximate surface area is 156 Å². The van der Waals surface area contributed by atoms with Crippen LogP contribution in [0.4, 0.5) is 11.4 Å². The predicted molar refractivity (Wildman–Crippen MR) is 106 cm³/mol. The summed E-state index contributed by atoms with van der Waals surface area (Å²) >= 11 is 3.43. The molecular formula is C20H21BrN2O2. The minimum absolute atomic E-state index is 0.170. The molecule has 4 nitrogen and oxygen atoms in total. The quantitative estimate of drug-likeness (QED) is 0.738. The molecule has 2 aromatic carbocycles. The first-order valence-electron chi connectivity index (χ1n) is 8.33. The van der Waals surface area contributed by atoms with E-state index in [1.165, 1.54) is 24.6 Å². The minimum atomic E-state index is -0.170. The number of anilines is 2. The van der Waals surface area contributed by atoms with Crippen molar-refractivity contribution >= 4 is 39.3 Å². The van der Waals surface area contributed by atoms with Gasteiger partial charge in [-0.3, -0.25) is 4.79 Å². The van der Waals surface area contributed by atoms with Crippen molar-refractivity contribution in [2.75, 3.05) is 30.4 Å². The zero-order chi connectivity index (χ0) is 17.6. The van der Waals surface area contributed by atoms with Gasteiger partial charge in [0.15, 0.2) is 0 Å². The number of halogens is 1. The Morgan fingerprint density at radius 3 is 2.56 bits per heavy atom. The molecule has 5 heteroatoms. The number of amides is 1. The monoisotopic (exact) mass is 400 g/mol. The summed E-state index contributed by atoms with van der Waals surface area (Å²) < 4.78 is 6.24. The molecule has 25 heavy (non-hydrogen) atoms. The fourth-order valence-electron chi connectivity index (χ4n) is 2.92. The molecule has 2 aromatic rings. The van der Waals surface area contributed by atoms with E-state index in [4.69, 9.17) is 4.74 Å². The Balaban J connectivity index is 1.63. The van der Waals surface area contributed by atoms with Crippen LogP contribution < -0.4 is 15.0 Å². The summed E-state index contributed by atoms with van der Waals surface area (Å²) in [6.45, 7) is 2.23. The number of hydrogen-bond acceptors (Lipinski definition) is 3. The van der Waals surface area contributed by atoms with Gasteiger partial charge in [0.1, 0.15) is 5.75 Å². The maximum Gasteiger partial charge on any atom is 0.248 e. The van der Waals surface area contributed by atoms with Crippen molar-refractivity contribution in [2.24, 2.45) is 0 Å². The molecule has 0 bridgehead atoms. The van der Waals surface area contributed by atoms with Gasteiger partial charge < -0.3 is 15.0 Å². The van der Waals surface area contributed by atoms with E-state index < -0.39 is 0 Å². The fraction of sp³-hybridized carbons (Fsp3) is 0.250. The van der Waals surface area contributed by atoms with Crippen molar-refractivity contribution in [3.8, 4) is 5.75 Å². The number of carbonyl (C=O) groups excluding carboxylic acids is 1. The number of nitrogens with one attached hydrogen (secondary N) is 1. The lowest BCUT2D eigenvalue weighted by atomic mass is 10.2. The van der Waals surface area contributed by atoms with Crippen LogP contribution in [-0.4, -0.2) is 26.1 Å². The molecular weight excluding hydrogens is 380 g/mol. The van der Waals surface area contributed by atoms with E-state index in [2.05, 4.69) is 38.3 Å². The molecule has 1 heterocycles. The van der Waals surface area contributed by atoms with Crippen LogP contribution in [0, 0.1) is 0 Å². The molecule has 0 aliphatic carbocycles. The van der Waals surface area contributed by atoms with Crippen molar-refractivity contribution < 1.29 is 9.53 Å². The number of ether oxygens (including phenoxy) is 1. The number of methoxy groups -OCH3 is 1. The van der Waals surface area contributed by atoms with Gasteiger partial charge in [-0.15, -0.1) is 0 Å². The Kier molecular flexibility index (Phi) is 5.76. The van der Waals surface area contributed by atoms with E-state index >= 15 is 0 Å². The molecule has 0 aromatic heterocycles. The Hall–Kier alpha value is -2.27. The van der Waals surface area contributed by atoms with Gasteiger partial charge >= 0.3 is 0 Å². The topological polar surface area (TPSA) is 41.6 Å². The van der Waals surface area contributed by atoms with E-state index in [1.807, 2.05) is 30.3 Å². The molecule has 1 aliphatic heterocycles. The standard InChI is InChI=1S/C20H21BrN2O2/c1-25-19-10-5-16(21)14-15(19)4-11-20(24)22-17-6-8-18(9-7-17)23-12-2-3-13-23/h4-11,14H,2-3,12-13H2,1H3,(H,22,24)/b11-4+. The summed E-state index contributed by atoms with van der Waals surface area (Å²) in [7, 11) is 1.61. The van der Waals surface area contributed by atoms with Crippen LogP contribution >= 0.6 is 15.9 Å². The van der Waals surface area contributed by atoms with E-state index in [0.717, 1.165) is 34.6 Å². The highest BCUT2D eigenvalue weighted by atomic mass is 79.9. The number of nitrogens with zero attached hydrogens (tertiary/aromatic N) is 1. The van der Waals surface area contributed by atoms with Gasteiger partial charge in [-0.1, -0.05) is 15.9 Å².